The van der Waals surface area contributed by atoms with Gasteiger partial charge in [0.1, 0.15) is 0 Å². The van der Waals surface area contributed by atoms with Crippen molar-refractivity contribution in [1.82, 2.24) is 5.32 Å². The van der Waals surface area contributed by atoms with Gasteiger partial charge < -0.3 is 5.32 Å². The van der Waals surface area contributed by atoms with Crippen molar-refractivity contribution in [1.29, 1.82) is 0 Å². The van der Waals surface area contributed by atoms with E-state index in [1.807, 2.05) is 0 Å². The maximum absolute atomic E-state index is 11.8. The van der Waals surface area contributed by atoms with Crippen LogP contribution < -0.4 is 5.32 Å². The van der Waals surface area contributed by atoms with Gasteiger partial charge in [-0.05, 0) is 55.8 Å². The summed E-state index contributed by atoms with van der Waals surface area (Å²) in [6.07, 6.45) is 1.83. The first-order valence-corrected chi connectivity index (χ1v) is 9.26. The van der Waals surface area contributed by atoms with Gasteiger partial charge >= 0.3 is 0 Å². The summed E-state index contributed by atoms with van der Waals surface area (Å²) in [6.45, 7) is 7.31. The van der Waals surface area contributed by atoms with Gasteiger partial charge in [0.2, 0.25) is 0 Å². The molecule has 1 heterocycles. The van der Waals surface area contributed by atoms with Crippen molar-refractivity contribution in [3.05, 3.63) is 34.9 Å². The van der Waals surface area contributed by atoms with Crippen LogP contribution in [-0.4, -0.2) is 26.5 Å². The first-order chi connectivity index (χ1) is 9.44. The van der Waals surface area contributed by atoms with E-state index in [1.165, 1.54) is 16.7 Å². The van der Waals surface area contributed by atoms with E-state index in [0.717, 1.165) is 19.4 Å². The Morgan fingerprint density at radius 1 is 1.35 bits per heavy atom. The molecule has 1 aliphatic heterocycles. The third-order valence-corrected chi connectivity index (χ3v) is 6.13. The van der Waals surface area contributed by atoms with Crippen molar-refractivity contribution in [2.24, 2.45) is 5.92 Å². The van der Waals surface area contributed by atoms with E-state index in [9.17, 15) is 8.42 Å². The molecule has 1 fully saturated rings. The summed E-state index contributed by atoms with van der Waals surface area (Å²) in [6, 6.07) is 6.48. The zero-order chi connectivity index (χ0) is 14.8. The van der Waals surface area contributed by atoms with Crippen LogP contribution in [0.5, 0.6) is 0 Å². The Bertz CT molecular complexity index is 566. The SMILES string of the molecule is CCCNC(c1cccc(C)c1C)C1CCS(=O)(=O)C1. The molecule has 2 rings (SSSR count). The van der Waals surface area contributed by atoms with Gasteiger partial charge in [0.15, 0.2) is 9.84 Å². The summed E-state index contributed by atoms with van der Waals surface area (Å²) >= 11 is 0. The third-order valence-electron chi connectivity index (χ3n) is 4.33. The van der Waals surface area contributed by atoms with Crippen LogP contribution in [0, 0.1) is 19.8 Å². The third kappa shape index (κ3) is 3.41. The summed E-state index contributed by atoms with van der Waals surface area (Å²) in [7, 11) is -2.84. The quantitative estimate of drug-likeness (QED) is 0.908. The fourth-order valence-electron chi connectivity index (χ4n) is 3.03. The van der Waals surface area contributed by atoms with Crippen molar-refractivity contribution in [2.75, 3.05) is 18.1 Å². The van der Waals surface area contributed by atoms with E-state index < -0.39 is 9.84 Å². The summed E-state index contributed by atoms with van der Waals surface area (Å²) < 4.78 is 23.5. The summed E-state index contributed by atoms with van der Waals surface area (Å²) in [5.41, 5.74) is 3.82. The average molecular weight is 295 g/mol. The number of benzene rings is 1. The second kappa shape index (κ2) is 6.27. The minimum atomic E-state index is -2.84. The van der Waals surface area contributed by atoms with Gasteiger partial charge in [-0.3, -0.25) is 0 Å². The lowest BCUT2D eigenvalue weighted by Gasteiger charge is -2.26. The highest BCUT2D eigenvalue weighted by molar-refractivity contribution is 7.91. The molecule has 1 aromatic carbocycles. The van der Waals surface area contributed by atoms with Crippen molar-refractivity contribution in [2.45, 2.75) is 39.7 Å². The van der Waals surface area contributed by atoms with Crippen molar-refractivity contribution < 1.29 is 8.42 Å². The van der Waals surface area contributed by atoms with Gasteiger partial charge in [-0.15, -0.1) is 0 Å². The molecule has 1 saturated heterocycles. The molecule has 0 aromatic heterocycles. The molecule has 1 aliphatic rings. The van der Waals surface area contributed by atoms with E-state index >= 15 is 0 Å². The fraction of sp³-hybridized carbons (Fsp3) is 0.625. The van der Waals surface area contributed by atoms with Gasteiger partial charge in [0.25, 0.3) is 0 Å². The Morgan fingerprint density at radius 2 is 2.10 bits per heavy atom. The first-order valence-electron chi connectivity index (χ1n) is 7.44. The van der Waals surface area contributed by atoms with Crippen LogP contribution in [0.2, 0.25) is 0 Å². The van der Waals surface area contributed by atoms with Crippen molar-refractivity contribution >= 4 is 9.84 Å². The molecule has 0 saturated carbocycles. The average Bonchev–Trinajstić information content (AvgIpc) is 2.75. The Kier molecular flexibility index (Phi) is 4.86. The van der Waals surface area contributed by atoms with Crippen molar-refractivity contribution in [3.63, 3.8) is 0 Å². The van der Waals surface area contributed by atoms with Gasteiger partial charge in [-0.2, -0.15) is 0 Å². The number of sulfone groups is 1. The molecule has 1 N–H and O–H groups in total. The number of hydrogen-bond donors (Lipinski definition) is 1. The Labute approximate surface area is 122 Å². The maximum Gasteiger partial charge on any atom is 0.150 e. The van der Waals surface area contributed by atoms with Crippen LogP contribution in [0.3, 0.4) is 0 Å². The van der Waals surface area contributed by atoms with E-state index in [0.29, 0.717) is 11.5 Å². The van der Waals surface area contributed by atoms with E-state index in [4.69, 9.17) is 0 Å². The Balaban J connectivity index is 2.30. The number of aryl methyl sites for hydroxylation is 1. The molecule has 4 heteroatoms. The van der Waals surface area contributed by atoms with Crippen molar-refractivity contribution in [3.8, 4) is 0 Å². The normalized spacial score (nSPS) is 22.9. The Morgan fingerprint density at radius 3 is 2.70 bits per heavy atom. The van der Waals surface area contributed by atoms with E-state index in [-0.39, 0.29) is 12.0 Å². The van der Waals surface area contributed by atoms with Gasteiger partial charge in [0.05, 0.1) is 11.5 Å². The monoisotopic (exact) mass is 295 g/mol. The molecule has 0 bridgehead atoms. The van der Waals surface area contributed by atoms with Crippen LogP contribution in [0.4, 0.5) is 0 Å². The molecule has 2 unspecified atom stereocenters. The maximum atomic E-state index is 11.8. The second-order valence-corrected chi connectivity index (χ2v) is 8.11. The smallest absolute Gasteiger partial charge is 0.150 e. The summed E-state index contributed by atoms with van der Waals surface area (Å²) in [4.78, 5) is 0. The first kappa shape index (κ1) is 15.5. The number of nitrogens with one attached hydrogen (secondary N) is 1. The van der Waals surface area contributed by atoms with Crippen LogP contribution in [0.15, 0.2) is 18.2 Å². The Hall–Kier alpha value is -0.870. The van der Waals surface area contributed by atoms with Crippen LogP contribution in [0.25, 0.3) is 0 Å². The number of rotatable bonds is 5. The largest absolute Gasteiger partial charge is 0.310 e. The highest BCUT2D eigenvalue weighted by Crippen LogP contribution is 2.33. The van der Waals surface area contributed by atoms with Crippen LogP contribution in [-0.2, 0) is 9.84 Å². The lowest BCUT2D eigenvalue weighted by molar-refractivity contribution is 0.391. The fourth-order valence-corrected chi connectivity index (χ4v) is 4.87. The minimum Gasteiger partial charge on any atom is -0.310 e. The predicted molar refractivity (Wildman–Crippen MR) is 83.7 cm³/mol. The molecule has 0 amide bonds. The van der Waals surface area contributed by atoms with E-state index in [2.05, 4.69) is 44.3 Å². The zero-order valence-corrected chi connectivity index (χ0v) is 13.5. The molecule has 0 aliphatic carbocycles. The number of hydrogen-bond acceptors (Lipinski definition) is 3. The molecule has 0 radical (unpaired) electrons. The van der Waals surface area contributed by atoms with Crippen LogP contribution in [0.1, 0.15) is 42.5 Å². The molecule has 2 atom stereocenters. The molecular weight excluding hydrogens is 270 g/mol. The minimum absolute atomic E-state index is 0.159. The van der Waals surface area contributed by atoms with Gasteiger partial charge in [-0.25, -0.2) is 8.42 Å². The van der Waals surface area contributed by atoms with Crippen LogP contribution >= 0.6 is 0 Å². The summed E-state index contributed by atoms with van der Waals surface area (Å²) in [5.74, 6) is 0.862. The lowest BCUT2D eigenvalue weighted by Crippen LogP contribution is -2.30. The molecule has 112 valence electrons. The van der Waals surface area contributed by atoms with E-state index in [1.54, 1.807) is 0 Å². The molecular formula is C16H25NO2S. The molecule has 0 spiro atoms. The topological polar surface area (TPSA) is 46.2 Å². The molecule has 3 nitrogen and oxygen atoms in total. The predicted octanol–water partition coefficient (Wildman–Crippen LogP) is 2.78. The lowest BCUT2D eigenvalue weighted by atomic mass is 9.88. The zero-order valence-electron chi connectivity index (χ0n) is 12.6. The van der Waals surface area contributed by atoms with Gasteiger partial charge in [-0.1, -0.05) is 25.1 Å². The molecule has 20 heavy (non-hydrogen) atoms. The van der Waals surface area contributed by atoms with Gasteiger partial charge in [0, 0.05) is 6.04 Å². The highest BCUT2D eigenvalue weighted by atomic mass is 32.2. The second-order valence-electron chi connectivity index (χ2n) is 5.88. The molecule has 1 aromatic rings. The highest BCUT2D eigenvalue weighted by Gasteiger charge is 2.34. The standard InChI is InChI=1S/C16H25NO2S/c1-4-9-17-16(14-8-10-20(18,19)11-14)15-7-5-6-12(2)13(15)3/h5-7,14,16-17H,4,8-11H2,1-3H3. The summed E-state index contributed by atoms with van der Waals surface area (Å²) in [5, 5.41) is 3.57.